The lowest BCUT2D eigenvalue weighted by molar-refractivity contribution is 0.475. The highest BCUT2D eigenvalue weighted by molar-refractivity contribution is 6.39. The van der Waals surface area contributed by atoms with Gasteiger partial charge in [-0.15, -0.1) is 0 Å². The van der Waals surface area contributed by atoms with E-state index >= 15 is 0 Å². The lowest BCUT2D eigenvalue weighted by Crippen LogP contribution is -1.86. The summed E-state index contributed by atoms with van der Waals surface area (Å²) in [6.07, 6.45) is 1.73. The number of benzene rings is 2. The summed E-state index contributed by atoms with van der Waals surface area (Å²) in [6.45, 7) is 0. The summed E-state index contributed by atoms with van der Waals surface area (Å²) in [6, 6.07) is 16.2. The normalized spacial score (nSPS) is 10.6. The Balaban J connectivity index is 2.02. The second-order valence-electron chi connectivity index (χ2n) is 4.58. The van der Waals surface area contributed by atoms with Crippen molar-refractivity contribution in [2.45, 2.75) is 0 Å². The van der Waals surface area contributed by atoms with E-state index in [1.165, 1.54) is 0 Å². The maximum absolute atomic E-state index is 9.52. The summed E-state index contributed by atoms with van der Waals surface area (Å²) in [4.78, 5) is 4.42. The van der Waals surface area contributed by atoms with Crippen LogP contribution in [0.15, 0.2) is 60.8 Å². The number of halogens is 2. The van der Waals surface area contributed by atoms with Crippen molar-refractivity contribution in [3.05, 3.63) is 70.8 Å². The smallest absolute Gasteiger partial charge is 0.116 e. The molecule has 0 unspecified atom stereocenters. The maximum atomic E-state index is 9.52. The summed E-state index contributed by atoms with van der Waals surface area (Å²) in [5, 5.41) is 10.7. The molecule has 0 aliphatic rings. The molecule has 2 aromatic carbocycles. The third-order valence-corrected chi connectivity index (χ3v) is 3.79. The molecule has 2 nitrogen and oxygen atoms in total. The Morgan fingerprint density at radius 2 is 1.52 bits per heavy atom. The molecule has 1 heterocycles. The quantitative estimate of drug-likeness (QED) is 0.684. The Hall–Kier alpha value is -2.03. The van der Waals surface area contributed by atoms with Crippen LogP contribution in [0.5, 0.6) is 5.75 Å². The average Bonchev–Trinajstić information content (AvgIpc) is 2.48. The molecule has 0 aliphatic carbocycles. The highest BCUT2D eigenvalue weighted by atomic mass is 35.5. The third-order valence-electron chi connectivity index (χ3n) is 3.16. The monoisotopic (exact) mass is 315 g/mol. The van der Waals surface area contributed by atoms with Gasteiger partial charge >= 0.3 is 0 Å². The summed E-state index contributed by atoms with van der Waals surface area (Å²) < 4.78 is 0. The van der Waals surface area contributed by atoms with E-state index in [2.05, 4.69) is 4.98 Å². The Labute approximate surface area is 132 Å². The van der Waals surface area contributed by atoms with Gasteiger partial charge < -0.3 is 5.11 Å². The van der Waals surface area contributed by atoms with Crippen molar-refractivity contribution < 1.29 is 5.11 Å². The lowest BCUT2D eigenvalue weighted by atomic mass is 10.1. The third kappa shape index (κ3) is 2.87. The zero-order chi connectivity index (χ0) is 14.8. The van der Waals surface area contributed by atoms with Crippen LogP contribution in [0, 0.1) is 0 Å². The van der Waals surface area contributed by atoms with Gasteiger partial charge in [0.2, 0.25) is 0 Å². The second kappa shape index (κ2) is 5.76. The number of aromatic hydroxyl groups is 1. The molecule has 21 heavy (non-hydrogen) atoms. The van der Waals surface area contributed by atoms with E-state index in [4.69, 9.17) is 23.2 Å². The van der Waals surface area contributed by atoms with Gasteiger partial charge in [0.25, 0.3) is 0 Å². The molecule has 104 valence electrons. The summed E-state index contributed by atoms with van der Waals surface area (Å²) in [5.41, 5.74) is 3.26. The van der Waals surface area contributed by atoms with Gasteiger partial charge in [0.05, 0.1) is 5.69 Å². The fraction of sp³-hybridized carbons (Fsp3) is 0. The van der Waals surface area contributed by atoms with E-state index in [1.807, 2.05) is 24.3 Å². The number of hydrogen-bond acceptors (Lipinski definition) is 2. The summed E-state index contributed by atoms with van der Waals surface area (Å²) in [5.74, 6) is 0.215. The average molecular weight is 316 g/mol. The van der Waals surface area contributed by atoms with Crippen molar-refractivity contribution in [2.75, 3.05) is 0 Å². The van der Waals surface area contributed by atoms with Gasteiger partial charge in [-0.2, -0.15) is 0 Å². The lowest BCUT2D eigenvalue weighted by Gasteiger charge is -2.08. The topological polar surface area (TPSA) is 33.1 Å². The van der Waals surface area contributed by atoms with Crippen molar-refractivity contribution in [2.24, 2.45) is 0 Å². The van der Waals surface area contributed by atoms with Crippen LogP contribution < -0.4 is 0 Å². The van der Waals surface area contributed by atoms with E-state index in [1.54, 1.807) is 36.5 Å². The van der Waals surface area contributed by atoms with Crippen LogP contribution in [0.4, 0.5) is 0 Å². The molecular formula is C17H11Cl2NO. The molecule has 4 heteroatoms. The van der Waals surface area contributed by atoms with Gasteiger partial charge in [-0.3, -0.25) is 4.98 Å². The predicted octanol–water partition coefficient (Wildman–Crippen LogP) is 5.43. The maximum Gasteiger partial charge on any atom is 0.116 e. The van der Waals surface area contributed by atoms with Crippen LogP contribution in [-0.4, -0.2) is 10.1 Å². The van der Waals surface area contributed by atoms with Crippen molar-refractivity contribution in [1.29, 1.82) is 0 Å². The Morgan fingerprint density at radius 1 is 0.810 bits per heavy atom. The summed E-state index contributed by atoms with van der Waals surface area (Å²) in [7, 11) is 0. The minimum atomic E-state index is 0.215. The van der Waals surface area contributed by atoms with Gasteiger partial charge in [0.1, 0.15) is 5.75 Å². The van der Waals surface area contributed by atoms with Gasteiger partial charge in [0, 0.05) is 32.9 Å². The molecule has 0 fully saturated rings. The molecule has 0 atom stereocenters. The molecule has 0 aliphatic heterocycles. The number of aromatic nitrogens is 1. The van der Waals surface area contributed by atoms with Crippen LogP contribution >= 0.6 is 23.2 Å². The Morgan fingerprint density at radius 3 is 2.14 bits per heavy atom. The SMILES string of the molecule is Oc1cccc(-c2ccc(-c3c(Cl)cccc3Cl)cn2)c1. The van der Waals surface area contributed by atoms with Crippen LogP contribution in [0.1, 0.15) is 0 Å². The van der Waals surface area contributed by atoms with Gasteiger partial charge in [-0.1, -0.05) is 47.5 Å². The largest absolute Gasteiger partial charge is 0.508 e. The van der Waals surface area contributed by atoms with E-state index in [-0.39, 0.29) is 5.75 Å². The highest BCUT2D eigenvalue weighted by Crippen LogP contribution is 2.34. The minimum absolute atomic E-state index is 0.215. The molecule has 0 bridgehead atoms. The first-order valence-corrected chi connectivity index (χ1v) is 7.10. The zero-order valence-corrected chi connectivity index (χ0v) is 12.4. The predicted molar refractivity (Wildman–Crippen MR) is 86.8 cm³/mol. The van der Waals surface area contributed by atoms with Crippen molar-refractivity contribution in [3.63, 3.8) is 0 Å². The number of phenols is 1. The number of hydrogen-bond donors (Lipinski definition) is 1. The van der Waals surface area contributed by atoms with E-state index < -0.39 is 0 Å². The zero-order valence-electron chi connectivity index (χ0n) is 10.9. The first-order valence-electron chi connectivity index (χ1n) is 6.35. The standard InChI is InChI=1S/C17H11Cl2NO/c18-14-5-2-6-15(19)17(14)12-7-8-16(20-10-12)11-3-1-4-13(21)9-11/h1-10,21H. The summed E-state index contributed by atoms with van der Waals surface area (Å²) >= 11 is 12.4. The molecule has 3 aromatic rings. The molecule has 0 saturated carbocycles. The number of phenolic OH excluding ortho intramolecular Hbond substituents is 1. The molecule has 0 amide bonds. The molecule has 1 aromatic heterocycles. The van der Waals surface area contributed by atoms with Gasteiger partial charge in [-0.25, -0.2) is 0 Å². The molecule has 1 N–H and O–H groups in total. The van der Waals surface area contributed by atoms with Crippen LogP contribution in [0.2, 0.25) is 10.0 Å². The molecule has 0 saturated heterocycles. The second-order valence-corrected chi connectivity index (χ2v) is 5.39. The van der Waals surface area contributed by atoms with Crippen molar-refractivity contribution in [1.82, 2.24) is 4.98 Å². The van der Waals surface area contributed by atoms with Crippen molar-refractivity contribution >= 4 is 23.2 Å². The van der Waals surface area contributed by atoms with Crippen LogP contribution in [0.25, 0.3) is 22.4 Å². The number of nitrogens with zero attached hydrogens (tertiary/aromatic N) is 1. The van der Waals surface area contributed by atoms with Gasteiger partial charge in [0.15, 0.2) is 0 Å². The Kier molecular flexibility index (Phi) is 3.82. The molecule has 0 radical (unpaired) electrons. The van der Waals surface area contributed by atoms with Gasteiger partial charge in [-0.05, 0) is 30.3 Å². The Bertz CT molecular complexity index is 765. The van der Waals surface area contributed by atoms with Crippen LogP contribution in [0.3, 0.4) is 0 Å². The van der Waals surface area contributed by atoms with E-state index in [0.717, 1.165) is 22.4 Å². The van der Waals surface area contributed by atoms with Crippen molar-refractivity contribution in [3.8, 4) is 28.1 Å². The fourth-order valence-corrected chi connectivity index (χ4v) is 2.77. The fourth-order valence-electron chi connectivity index (χ4n) is 2.15. The first-order chi connectivity index (χ1) is 10.1. The molecule has 0 spiro atoms. The number of pyridine rings is 1. The van der Waals surface area contributed by atoms with Crippen LogP contribution in [-0.2, 0) is 0 Å². The number of rotatable bonds is 2. The highest BCUT2D eigenvalue weighted by Gasteiger charge is 2.09. The molecular weight excluding hydrogens is 305 g/mol. The molecule has 3 rings (SSSR count). The van der Waals surface area contributed by atoms with E-state index in [0.29, 0.717) is 10.0 Å². The minimum Gasteiger partial charge on any atom is -0.508 e. The first kappa shape index (κ1) is 13.9. The van der Waals surface area contributed by atoms with E-state index in [9.17, 15) is 5.11 Å².